The van der Waals surface area contributed by atoms with E-state index in [2.05, 4.69) is 0 Å². The van der Waals surface area contributed by atoms with Crippen LogP contribution in [-0.2, 0) is 31.0 Å². The van der Waals surface area contributed by atoms with Crippen LogP contribution in [0.15, 0.2) is 53.4 Å². The molecule has 9 heteroatoms. The summed E-state index contributed by atoms with van der Waals surface area (Å²) in [5, 5.41) is 0. The molecule has 2 aromatic rings. The van der Waals surface area contributed by atoms with E-state index in [9.17, 15) is 22.4 Å². The van der Waals surface area contributed by atoms with E-state index in [4.69, 9.17) is 8.92 Å². The van der Waals surface area contributed by atoms with E-state index in [1.807, 2.05) is 13.8 Å². The van der Waals surface area contributed by atoms with Crippen LogP contribution in [0, 0.1) is 5.82 Å². The van der Waals surface area contributed by atoms with Gasteiger partial charge in [-0.25, -0.2) is 4.39 Å². The predicted molar refractivity (Wildman–Crippen MR) is 117 cm³/mol. The fourth-order valence-corrected chi connectivity index (χ4v) is 3.85. The lowest BCUT2D eigenvalue weighted by molar-refractivity contribution is -0.146. The van der Waals surface area contributed by atoms with Crippen molar-refractivity contribution in [3.8, 4) is 5.75 Å². The van der Waals surface area contributed by atoms with Gasteiger partial charge in [-0.1, -0.05) is 19.1 Å². The topological polar surface area (TPSA) is 90.0 Å². The summed E-state index contributed by atoms with van der Waals surface area (Å²) in [7, 11) is -4.09. The summed E-state index contributed by atoms with van der Waals surface area (Å²) < 4.78 is 47.7. The zero-order chi connectivity index (χ0) is 23.7. The first-order valence-electron chi connectivity index (χ1n) is 10.4. The number of benzene rings is 2. The highest BCUT2D eigenvalue weighted by molar-refractivity contribution is 7.87. The Bertz CT molecular complexity index is 1010. The smallest absolute Gasteiger partial charge is 0.339 e. The molecule has 0 aliphatic rings. The van der Waals surface area contributed by atoms with E-state index in [1.54, 1.807) is 24.0 Å². The van der Waals surface area contributed by atoms with Crippen molar-refractivity contribution in [1.29, 1.82) is 0 Å². The van der Waals surface area contributed by atoms with Crippen LogP contribution in [0.1, 0.15) is 45.6 Å². The summed E-state index contributed by atoms with van der Waals surface area (Å²) in [6.07, 6.45) is 0.816. The number of amides is 1. The first kappa shape index (κ1) is 25.3. The number of carbonyl (C=O) groups is 2. The number of carbonyl (C=O) groups excluding carboxylic acids is 2. The lowest BCUT2D eigenvalue weighted by atomic mass is 10.1. The molecule has 0 aliphatic carbocycles. The lowest BCUT2D eigenvalue weighted by Crippen LogP contribution is -2.38. The number of hydrogen-bond donors (Lipinski definition) is 0. The number of hydrogen-bond acceptors (Lipinski definition) is 6. The Balaban J connectivity index is 2.06. The molecule has 0 aromatic heterocycles. The Hall–Kier alpha value is -2.94. The van der Waals surface area contributed by atoms with Gasteiger partial charge in [0, 0.05) is 19.0 Å². The number of esters is 1. The summed E-state index contributed by atoms with van der Waals surface area (Å²) in [6, 6.07) is 10.6. The molecule has 174 valence electrons. The zero-order valence-corrected chi connectivity index (χ0v) is 19.2. The molecule has 0 saturated heterocycles. The number of rotatable bonds is 11. The summed E-state index contributed by atoms with van der Waals surface area (Å²) in [5.41, 5.74) is 0.779. The normalized spacial score (nSPS) is 12.1. The molecule has 1 amide bonds. The SMILES string of the molecule is CCOC(=O)CCC(=O)N(Cc1ccc(OS(=O)(=O)c2ccc(F)cc2)cc1)[C@H](C)CC. The molecular formula is C23H28FNO6S. The fraction of sp³-hybridized carbons (Fsp3) is 0.391. The number of nitrogens with zero attached hydrogens (tertiary/aromatic N) is 1. The minimum Gasteiger partial charge on any atom is -0.466 e. The second-order valence-electron chi connectivity index (χ2n) is 7.22. The first-order chi connectivity index (χ1) is 15.2. The fourth-order valence-electron chi connectivity index (χ4n) is 2.92. The van der Waals surface area contributed by atoms with Crippen molar-refractivity contribution in [3.05, 3.63) is 59.9 Å². The quantitative estimate of drug-likeness (QED) is 0.367. The molecule has 7 nitrogen and oxygen atoms in total. The van der Waals surface area contributed by atoms with Gasteiger partial charge >= 0.3 is 16.1 Å². The molecule has 0 spiro atoms. The highest BCUT2D eigenvalue weighted by atomic mass is 32.2. The van der Waals surface area contributed by atoms with Gasteiger partial charge in [-0.2, -0.15) is 8.42 Å². The molecule has 0 fully saturated rings. The van der Waals surface area contributed by atoms with Gasteiger partial charge in [-0.15, -0.1) is 0 Å². The Kier molecular flexibility index (Phi) is 9.19. The predicted octanol–water partition coefficient (Wildman–Crippen LogP) is 4.06. The highest BCUT2D eigenvalue weighted by Crippen LogP contribution is 2.21. The molecule has 0 N–H and O–H groups in total. The van der Waals surface area contributed by atoms with Gasteiger partial charge in [0.15, 0.2) is 0 Å². The Morgan fingerprint density at radius 1 is 1.00 bits per heavy atom. The summed E-state index contributed by atoms with van der Waals surface area (Å²) in [6.45, 7) is 6.18. The average molecular weight is 466 g/mol. The van der Waals surface area contributed by atoms with Gasteiger partial charge in [-0.3, -0.25) is 9.59 Å². The zero-order valence-electron chi connectivity index (χ0n) is 18.4. The lowest BCUT2D eigenvalue weighted by Gasteiger charge is -2.29. The van der Waals surface area contributed by atoms with E-state index in [1.165, 1.54) is 12.1 Å². The van der Waals surface area contributed by atoms with E-state index in [0.29, 0.717) is 6.54 Å². The van der Waals surface area contributed by atoms with Crippen molar-refractivity contribution in [2.24, 2.45) is 0 Å². The third kappa shape index (κ3) is 7.33. The summed E-state index contributed by atoms with van der Waals surface area (Å²) >= 11 is 0. The van der Waals surface area contributed by atoms with E-state index in [-0.39, 0.29) is 42.0 Å². The van der Waals surface area contributed by atoms with Crippen molar-refractivity contribution in [3.63, 3.8) is 0 Å². The largest absolute Gasteiger partial charge is 0.466 e. The van der Waals surface area contributed by atoms with Crippen LogP contribution in [0.5, 0.6) is 5.75 Å². The Morgan fingerprint density at radius 2 is 1.62 bits per heavy atom. The highest BCUT2D eigenvalue weighted by Gasteiger charge is 2.21. The van der Waals surface area contributed by atoms with Crippen LogP contribution in [-0.4, -0.2) is 37.8 Å². The van der Waals surface area contributed by atoms with Crippen molar-refractivity contribution in [2.75, 3.05) is 6.61 Å². The third-order valence-electron chi connectivity index (χ3n) is 4.88. The van der Waals surface area contributed by atoms with Crippen LogP contribution in [0.4, 0.5) is 4.39 Å². The van der Waals surface area contributed by atoms with Gasteiger partial charge in [-0.05, 0) is 62.2 Å². The minimum atomic E-state index is -4.09. The molecule has 32 heavy (non-hydrogen) atoms. The molecule has 0 unspecified atom stereocenters. The second kappa shape index (κ2) is 11.6. The van der Waals surface area contributed by atoms with Crippen LogP contribution in [0.25, 0.3) is 0 Å². The summed E-state index contributed by atoms with van der Waals surface area (Å²) in [4.78, 5) is 25.8. The molecule has 1 atom stereocenters. The maximum absolute atomic E-state index is 13.0. The standard InChI is InChI=1S/C23H28FNO6S/c1-4-17(3)25(22(26)14-15-23(27)30-5-2)16-18-6-10-20(11-7-18)31-32(28,29)21-12-8-19(24)9-13-21/h6-13,17H,4-5,14-16H2,1-3H3/t17-/m1/s1. The Morgan fingerprint density at radius 3 is 2.19 bits per heavy atom. The van der Waals surface area contributed by atoms with Gasteiger partial charge in [0.05, 0.1) is 13.0 Å². The maximum atomic E-state index is 13.0. The van der Waals surface area contributed by atoms with E-state index < -0.39 is 21.9 Å². The van der Waals surface area contributed by atoms with Crippen LogP contribution in [0.2, 0.25) is 0 Å². The van der Waals surface area contributed by atoms with Crippen molar-refractivity contribution in [2.45, 2.75) is 57.5 Å². The third-order valence-corrected chi connectivity index (χ3v) is 6.14. The maximum Gasteiger partial charge on any atom is 0.339 e. The minimum absolute atomic E-state index is 0.0215. The monoisotopic (exact) mass is 465 g/mol. The molecule has 0 aliphatic heterocycles. The van der Waals surface area contributed by atoms with E-state index in [0.717, 1.165) is 36.2 Å². The van der Waals surface area contributed by atoms with Crippen molar-refractivity contribution in [1.82, 2.24) is 4.90 Å². The van der Waals surface area contributed by atoms with Crippen molar-refractivity contribution >= 4 is 22.0 Å². The van der Waals surface area contributed by atoms with Gasteiger partial charge in [0.1, 0.15) is 16.5 Å². The van der Waals surface area contributed by atoms with Crippen LogP contribution < -0.4 is 4.18 Å². The molecular weight excluding hydrogens is 437 g/mol. The second-order valence-corrected chi connectivity index (χ2v) is 8.77. The van der Waals surface area contributed by atoms with Gasteiger partial charge in [0.2, 0.25) is 5.91 Å². The Labute approximate surface area is 188 Å². The number of halogens is 1. The molecule has 2 aromatic carbocycles. The molecule has 0 saturated carbocycles. The summed E-state index contributed by atoms with van der Waals surface area (Å²) in [5.74, 6) is -1.02. The van der Waals surface area contributed by atoms with Crippen LogP contribution >= 0.6 is 0 Å². The van der Waals surface area contributed by atoms with E-state index >= 15 is 0 Å². The van der Waals surface area contributed by atoms with Gasteiger partial charge < -0.3 is 13.8 Å². The molecule has 0 bridgehead atoms. The molecule has 0 radical (unpaired) electrons. The van der Waals surface area contributed by atoms with Crippen LogP contribution in [0.3, 0.4) is 0 Å². The number of ether oxygens (including phenoxy) is 1. The van der Waals surface area contributed by atoms with Gasteiger partial charge in [0.25, 0.3) is 0 Å². The molecule has 2 rings (SSSR count). The average Bonchev–Trinajstić information content (AvgIpc) is 2.76. The van der Waals surface area contributed by atoms with Crippen molar-refractivity contribution < 1.29 is 31.3 Å². The first-order valence-corrected chi connectivity index (χ1v) is 11.8. The molecule has 0 heterocycles.